The molecular formula is C16H25N3O4S. The van der Waals surface area contributed by atoms with Crippen molar-refractivity contribution in [3.8, 4) is 0 Å². The molecule has 0 radical (unpaired) electrons. The number of anilines is 1. The fraction of sp³-hybridized carbons (Fsp3) is 0.562. The molecule has 2 atom stereocenters. The summed E-state index contributed by atoms with van der Waals surface area (Å²) in [5.74, 6) is -0.268. The number of hydrogen-bond donors (Lipinski definition) is 2. The van der Waals surface area contributed by atoms with Crippen LogP contribution in [0.3, 0.4) is 0 Å². The summed E-state index contributed by atoms with van der Waals surface area (Å²) < 4.78 is 31.9. The molecule has 0 bridgehead atoms. The van der Waals surface area contributed by atoms with Crippen molar-refractivity contribution >= 4 is 21.6 Å². The number of carbonyl (C=O) groups excluding carboxylic acids is 1. The largest absolute Gasteiger partial charge is 0.379 e. The van der Waals surface area contributed by atoms with Crippen molar-refractivity contribution < 1.29 is 17.9 Å². The third-order valence-electron chi connectivity index (χ3n) is 4.27. The van der Waals surface area contributed by atoms with Gasteiger partial charge in [-0.15, -0.1) is 0 Å². The molecule has 1 aliphatic rings. The number of ether oxygens (including phenoxy) is 1. The summed E-state index contributed by atoms with van der Waals surface area (Å²) in [6, 6.07) is 5.62. The number of nitrogens with one attached hydrogen (secondary N) is 1. The zero-order chi connectivity index (χ0) is 17.7. The fourth-order valence-corrected chi connectivity index (χ4v) is 3.86. The van der Waals surface area contributed by atoms with Crippen molar-refractivity contribution in [1.82, 2.24) is 4.31 Å². The summed E-state index contributed by atoms with van der Waals surface area (Å²) in [5, 5.41) is 2.70. The molecule has 1 aromatic carbocycles. The van der Waals surface area contributed by atoms with Crippen molar-refractivity contribution in [2.45, 2.75) is 31.2 Å². The van der Waals surface area contributed by atoms with Gasteiger partial charge in [-0.25, -0.2) is 8.42 Å². The Labute approximate surface area is 143 Å². The normalized spacial score (nSPS) is 18.8. The van der Waals surface area contributed by atoms with Gasteiger partial charge < -0.3 is 15.8 Å². The van der Waals surface area contributed by atoms with Gasteiger partial charge in [-0.05, 0) is 24.1 Å². The SMILES string of the molecule is CCC(C)C(N)C(=O)Nc1cccc(S(=O)(=O)N2CCOCC2)c1. The Morgan fingerprint density at radius 3 is 2.67 bits per heavy atom. The molecule has 1 heterocycles. The molecule has 3 N–H and O–H groups in total. The molecule has 24 heavy (non-hydrogen) atoms. The third-order valence-corrected chi connectivity index (χ3v) is 6.16. The van der Waals surface area contributed by atoms with Crippen LogP contribution >= 0.6 is 0 Å². The fourth-order valence-electron chi connectivity index (χ4n) is 2.41. The van der Waals surface area contributed by atoms with Crippen LogP contribution in [0.2, 0.25) is 0 Å². The smallest absolute Gasteiger partial charge is 0.243 e. The molecular weight excluding hydrogens is 330 g/mol. The Bertz CT molecular complexity index is 672. The molecule has 0 spiro atoms. The van der Waals surface area contributed by atoms with Gasteiger partial charge in [0, 0.05) is 18.8 Å². The van der Waals surface area contributed by atoms with Gasteiger partial charge in [0.1, 0.15) is 0 Å². The van der Waals surface area contributed by atoms with Gasteiger partial charge in [0.05, 0.1) is 24.2 Å². The van der Waals surface area contributed by atoms with Crippen LogP contribution in [0.4, 0.5) is 5.69 Å². The molecule has 7 nitrogen and oxygen atoms in total. The Balaban J connectivity index is 2.15. The second-order valence-corrected chi connectivity index (χ2v) is 7.88. The molecule has 0 saturated carbocycles. The molecule has 1 aromatic rings. The number of amides is 1. The first kappa shape index (κ1) is 18.9. The van der Waals surface area contributed by atoms with Gasteiger partial charge >= 0.3 is 0 Å². The second-order valence-electron chi connectivity index (χ2n) is 5.94. The lowest BCUT2D eigenvalue weighted by atomic mass is 9.99. The van der Waals surface area contributed by atoms with Gasteiger partial charge in [-0.3, -0.25) is 4.79 Å². The zero-order valence-electron chi connectivity index (χ0n) is 14.1. The number of hydrogen-bond acceptors (Lipinski definition) is 5. The van der Waals surface area contributed by atoms with Gasteiger partial charge in [0.15, 0.2) is 0 Å². The molecule has 2 unspecified atom stereocenters. The van der Waals surface area contributed by atoms with Crippen molar-refractivity contribution in [3.63, 3.8) is 0 Å². The van der Waals surface area contributed by atoms with E-state index in [0.29, 0.717) is 32.0 Å². The maximum atomic E-state index is 12.6. The summed E-state index contributed by atoms with van der Waals surface area (Å²) in [6.07, 6.45) is 0.792. The van der Waals surface area contributed by atoms with Crippen molar-refractivity contribution in [2.75, 3.05) is 31.6 Å². The predicted molar refractivity (Wildman–Crippen MR) is 92.1 cm³/mol. The molecule has 1 fully saturated rings. The van der Waals surface area contributed by atoms with E-state index in [0.717, 1.165) is 6.42 Å². The number of nitrogens with zero attached hydrogens (tertiary/aromatic N) is 1. The first-order valence-electron chi connectivity index (χ1n) is 8.10. The van der Waals surface area contributed by atoms with Crippen molar-refractivity contribution in [1.29, 1.82) is 0 Å². The van der Waals surface area contributed by atoms with Gasteiger partial charge in [-0.2, -0.15) is 4.31 Å². The molecule has 0 aliphatic carbocycles. The summed E-state index contributed by atoms with van der Waals surface area (Å²) >= 11 is 0. The van der Waals surface area contributed by atoms with Crippen LogP contribution in [0.5, 0.6) is 0 Å². The lowest BCUT2D eigenvalue weighted by Crippen LogP contribution is -2.41. The van der Waals surface area contributed by atoms with E-state index >= 15 is 0 Å². The highest BCUT2D eigenvalue weighted by Crippen LogP contribution is 2.21. The predicted octanol–water partition coefficient (Wildman–Crippen LogP) is 1.02. The lowest BCUT2D eigenvalue weighted by Gasteiger charge is -2.26. The molecule has 0 aromatic heterocycles. The lowest BCUT2D eigenvalue weighted by molar-refractivity contribution is -0.118. The Morgan fingerprint density at radius 2 is 2.04 bits per heavy atom. The van der Waals surface area contributed by atoms with E-state index in [4.69, 9.17) is 10.5 Å². The summed E-state index contributed by atoms with van der Waals surface area (Å²) in [5.41, 5.74) is 6.33. The average molecular weight is 355 g/mol. The van der Waals surface area contributed by atoms with Crippen LogP contribution in [0.25, 0.3) is 0 Å². The Hall–Kier alpha value is -1.48. The minimum atomic E-state index is -3.59. The highest BCUT2D eigenvalue weighted by atomic mass is 32.2. The maximum absolute atomic E-state index is 12.6. The van der Waals surface area contributed by atoms with E-state index in [1.165, 1.54) is 16.4 Å². The Morgan fingerprint density at radius 1 is 1.38 bits per heavy atom. The van der Waals surface area contributed by atoms with Crippen LogP contribution in [-0.4, -0.2) is 51.0 Å². The zero-order valence-corrected chi connectivity index (χ0v) is 14.9. The molecule has 1 amide bonds. The van der Waals surface area contributed by atoms with E-state index in [1.807, 2.05) is 13.8 Å². The third kappa shape index (κ3) is 4.32. The van der Waals surface area contributed by atoms with Crippen LogP contribution < -0.4 is 11.1 Å². The number of sulfonamides is 1. The monoisotopic (exact) mass is 355 g/mol. The highest BCUT2D eigenvalue weighted by molar-refractivity contribution is 7.89. The van der Waals surface area contributed by atoms with E-state index in [9.17, 15) is 13.2 Å². The van der Waals surface area contributed by atoms with Gasteiger partial charge in [-0.1, -0.05) is 26.3 Å². The minimum Gasteiger partial charge on any atom is -0.379 e. The number of nitrogens with two attached hydrogens (primary N) is 1. The number of carbonyl (C=O) groups is 1. The van der Waals surface area contributed by atoms with Crippen LogP contribution in [0, 0.1) is 5.92 Å². The van der Waals surface area contributed by atoms with Crippen LogP contribution in [-0.2, 0) is 19.6 Å². The van der Waals surface area contributed by atoms with E-state index in [-0.39, 0.29) is 16.7 Å². The quantitative estimate of drug-likeness (QED) is 0.793. The topological polar surface area (TPSA) is 102 Å². The summed E-state index contributed by atoms with van der Waals surface area (Å²) in [6.45, 7) is 5.31. The van der Waals surface area contributed by atoms with E-state index in [2.05, 4.69) is 5.32 Å². The van der Waals surface area contributed by atoms with Crippen LogP contribution in [0.15, 0.2) is 29.2 Å². The second kappa shape index (κ2) is 8.06. The molecule has 1 saturated heterocycles. The minimum absolute atomic E-state index is 0.0465. The van der Waals surface area contributed by atoms with Gasteiger partial charge in [0.25, 0.3) is 0 Å². The number of rotatable bonds is 6. The number of morpholine rings is 1. The van der Waals surface area contributed by atoms with E-state index < -0.39 is 16.1 Å². The number of benzene rings is 1. The van der Waals surface area contributed by atoms with Gasteiger partial charge in [0.2, 0.25) is 15.9 Å². The summed E-state index contributed by atoms with van der Waals surface area (Å²) in [7, 11) is -3.59. The average Bonchev–Trinajstić information content (AvgIpc) is 2.61. The maximum Gasteiger partial charge on any atom is 0.243 e. The molecule has 8 heteroatoms. The van der Waals surface area contributed by atoms with E-state index in [1.54, 1.807) is 12.1 Å². The summed E-state index contributed by atoms with van der Waals surface area (Å²) in [4.78, 5) is 12.3. The van der Waals surface area contributed by atoms with Crippen molar-refractivity contribution in [3.05, 3.63) is 24.3 Å². The first-order chi connectivity index (χ1) is 11.4. The molecule has 134 valence electrons. The first-order valence-corrected chi connectivity index (χ1v) is 9.54. The standard InChI is InChI=1S/C16H25N3O4S/c1-3-12(2)15(17)16(20)18-13-5-4-6-14(11-13)24(21,22)19-7-9-23-10-8-19/h4-6,11-12,15H,3,7-10,17H2,1-2H3,(H,18,20). The van der Waals surface area contributed by atoms with Crippen LogP contribution in [0.1, 0.15) is 20.3 Å². The highest BCUT2D eigenvalue weighted by Gasteiger charge is 2.27. The molecule has 1 aliphatic heterocycles. The molecule has 2 rings (SSSR count). The van der Waals surface area contributed by atoms with Crippen molar-refractivity contribution in [2.24, 2.45) is 11.7 Å². The Kier molecular flexibility index (Phi) is 6.34.